The van der Waals surface area contributed by atoms with Gasteiger partial charge in [-0.25, -0.2) is 0 Å². The molecule has 1 aliphatic heterocycles. The van der Waals surface area contributed by atoms with Gasteiger partial charge in [0.2, 0.25) is 12.7 Å². The van der Waals surface area contributed by atoms with Crippen LogP contribution in [0.25, 0.3) is 0 Å². The first-order valence-corrected chi connectivity index (χ1v) is 8.04. The molecule has 25 heavy (non-hydrogen) atoms. The molecular weight excluding hydrogens is 322 g/mol. The molecule has 1 N–H and O–H groups in total. The van der Waals surface area contributed by atoms with Crippen LogP contribution in [-0.4, -0.2) is 41.8 Å². The van der Waals surface area contributed by atoms with Crippen molar-refractivity contribution in [3.8, 4) is 11.5 Å². The van der Waals surface area contributed by atoms with Gasteiger partial charge in [-0.15, -0.1) is 0 Å². The number of hydrogen-bond acceptors (Lipinski definition) is 4. The van der Waals surface area contributed by atoms with Crippen LogP contribution in [0.2, 0.25) is 0 Å². The van der Waals surface area contributed by atoms with Gasteiger partial charge in [0.15, 0.2) is 11.5 Å². The Kier molecular flexibility index (Phi) is 5.18. The molecule has 1 heterocycles. The van der Waals surface area contributed by atoms with Crippen molar-refractivity contribution < 1.29 is 24.2 Å². The quantitative estimate of drug-likeness (QED) is 0.835. The maximum absolute atomic E-state index is 12.6. The van der Waals surface area contributed by atoms with E-state index in [0.29, 0.717) is 24.5 Å². The van der Waals surface area contributed by atoms with E-state index in [4.69, 9.17) is 14.6 Å². The number of carboxylic acids is 1. The third-order valence-electron chi connectivity index (χ3n) is 3.98. The number of fused-ring (bicyclic) bond motifs is 1. The number of aliphatic carboxylic acids is 1. The number of amides is 1. The highest BCUT2D eigenvalue weighted by Gasteiger charge is 2.19. The minimum atomic E-state index is -1.02. The monoisotopic (exact) mass is 341 g/mol. The fourth-order valence-corrected chi connectivity index (χ4v) is 2.70. The summed E-state index contributed by atoms with van der Waals surface area (Å²) >= 11 is 0. The first kappa shape index (κ1) is 16.8. The van der Waals surface area contributed by atoms with Crippen molar-refractivity contribution in [1.82, 2.24) is 4.90 Å². The molecule has 1 aliphatic rings. The van der Waals surface area contributed by atoms with Crippen LogP contribution in [-0.2, 0) is 22.4 Å². The van der Waals surface area contributed by atoms with Gasteiger partial charge in [0.25, 0.3) is 0 Å². The number of rotatable bonds is 7. The second-order valence-corrected chi connectivity index (χ2v) is 5.81. The number of carboxylic acid groups (broad SMARTS) is 1. The highest BCUT2D eigenvalue weighted by molar-refractivity contribution is 5.83. The maximum Gasteiger partial charge on any atom is 0.323 e. The minimum Gasteiger partial charge on any atom is -0.480 e. The molecule has 0 aromatic heterocycles. The number of ether oxygens (including phenoxy) is 2. The second kappa shape index (κ2) is 7.70. The Bertz CT molecular complexity index is 760. The first-order chi connectivity index (χ1) is 12.1. The molecule has 6 nitrogen and oxygen atoms in total. The van der Waals surface area contributed by atoms with Crippen LogP contribution in [0.4, 0.5) is 0 Å². The fourth-order valence-electron chi connectivity index (χ4n) is 2.70. The van der Waals surface area contributed by atoms with Crippen molar-refractivity contribution >= 4 is 11.9 Å². The number of carbonyl (C=O) groups is 2. The lowest BCUT2D eigenvalue weighted by molar-refractivity contribution is -0.144. The van der Waals surface area contributed by atoms with E-state index in [9.17, 15) is 9.59 Å². The van der Waals surface area contributed by atoms with E-state index < -0.39 is 5.97 Å². The van der Waals surface area contributed by atoms with Gasteiger partial charge >= 0.3 is 5.97 Å². The van der Waals surface area contributed by atoms with E-state index in [1.807, 2.05) is 30.3 Å². The van der Waals surface area contributed by atoms with Crippen molar-refractivity contribution in [2.45, 2.75) is 12.8 Å². The lowest BCUT2D eigenvalue weighted by Crippen LogP contribution is -2.38. The summed E-state index contributed by atoms with van der Waals surface area (Å²) in [5, 5.41) is 9.09. The summed E-state index contributed by atoms with van der Waals surface area (Å²) in [6.45, 7) is 0.227. The highest BCUT2D eigenvalue weighted by Crippen LogP contribution is 2.32. The van der Waals surface area contributed by atoms with Crippen molar-refractivity contribution in [2.75, 3.05) is 19.9 Å². The predicted molar refractivity (Wildman–Crippen MR) is 90.6 cm³/mol. The Morgan fingerprint density at radius 3 is 2.52 bits per heavy atom. The molecule has 0 saturated carbocycles. The molecule has 0 saturated heterocycles. The largest absolute Gasteiger partial charge is 0.480 e. The Balaban J connectivity index is 1.65. The molecule has 0 unspecified atom stereocenters. The molecule has 130 valence electrons. The summed E-state index contributed by atoms with van der Waals surface area (Å²) in [5.41, 5.74) is 1.83. The zero-order valence-electron chi connectivity index (χ0n) is 13.7. The molecule has 6 heteroatoms. The van der Waals surface area contributed by atoms with E-state index in [0.717, 1.165) is 11.1 Å². The molecule has 0 bridgehead atoms. The summed E-state index contributed by atoms with van der Waals surface area (Å²) in [6, 6.07) is 15.0. The molecule has 0 spiro atoms. The average Bonchev–Trinajstić information content (AvgIpc) is 3.07. The summed E-state index contributed by atoms with van der Waals surface area (Å²) in [6.07, 6.45) is 0.736. The van der Waals surface area contributed by atoms with Gasteiger partial charge in [-0.3, -0.25) is 9.59 Å². The fraction of sp³-hybridized carbons (Fsp3) is 0.263. The smallest absolute Gasteiger partial charge is 0.323 e. The highest BCUT2D eigenvalue weighted by atomic mass is 16.7. The average molecular weight is 341 g/mol. The van der Waals surface area contributed by atoms with Gasteiger partial charge in [0.05, 0.1) is 6.42 Å². The third kappa shape index (κ3) is 4.50. The summed E-state index contributed by atoms with van der Waals surface area (Å²) in [7, 11) is 0. The van der Waals surface area contributed by atoms with Crippen LogP contribution in [0.5, 0.6) is 11.5 Å². The van der Waals surface area contributed by atoms with Gasteiger partial charge in [0.1, 0.15) is 6.54 Å². The van der Waals surface area contributed by atoms with Crippen molar-refractivity contribution in [1.29, 1.82) is 0 Å². The summed E-state index contributed by atoms with van der Waals surface area (Å²) in [5.74, 6) is 0.0198. The van der Waals surface area contributed by atoms with E-state index in [2.05, 4.69) is 0 Å². The lowest BCUT2D eigenvalue weighted by atomic mass is 10.1. The number of hydrogen-bond donors (Lipinski definition) is 1. The van der Waals surface area contributed by atoms with Crippen LogP contribution in [0, 0.1) is 0 Å². The summed E-state index contributed by atoms with van der Waals surface area (Å²) in [4.78, 5) is 25.0. The molecular formula is C19H19NO5. The predicted octanol–water partition coefficient (Wildman–Crippen LogP) is 2.11. The Morgan fingerprint density at radius 2 is 1.76 bits per heavy atom. The second-order valence-electron chi connectivity index (χ2n) is 5.81. The van der Waals surface area contributed by atoms with E-state index >= 15 is 0 Å². The molecule has 3 rings (SSSR count). The van der Waals surface area contributed by atoms with E-state index in [1.54, 1.807) is 18.2 Å². The van der Waals surface area contributed by atoms with Gasteiger partial charge < -0.3 is 19.5 Å². The van der Waals surface area contributed by atoms with Crippen LogP contribution in [0.3, 0.4) is 0 Å². The molecule has 0 atom stereocenters. The Morgan fingerprint density at radius 1 is 1.00 bits per heavy atom. The zero-order chi connectivity index (χ0) is 17.6. The van der Waals surface area contributed by atoms with Crippen LogP contribution in [0.15, 0.2) is 48.5 Å². The van der Waals surface area contributed by atoms with Gasteiger partial charge in [0, 0.05) is 6.54 Å². The third-order valence-corrected chi connectivity index (χ3v) is 3.98. The number of benzene rings is 2. The Labute approximate surface area is 145 Å². The van der Waals surface area contributed by atoms with Gasteiger partial charge in [-0.2, -0.15) is 0 Å². The van der Waals surface area contributed by atoms with Crippen molar-refractivity contribution in [3.63, 3.8) is 0 Å². The molecule has 0 aliphatic carbocycles. The van der Waals surface area contributed by atoms with Crippen LogP contribution in [0.1, 0.15) is 11.1 Å². The van der Waals surface area contributed by atoms with E-state index in [1.165, 1.54) is 4.90 Å². The van der Waals surface area contributed by atoms with Gasteiger partial charge in [-0.05, 0) is 29.7 Å². The van der Waals surface area contributed by atoms with Crippen molar-refractivity contribution in [3.05, 3.63) is 59.7 Å². The molecule has 2 aromatic carbocycles. The molecule has 0 fully saturated rings. The first-order valence-electron chi connectivity index (χ1n) is 8.04. The van der Waals surface area contributed by atoms with Gasteiger partial charge in [-0.1, -0.05) is 36.4 Å². The van der Waals surface area contributed by atoms with Crippen molar-refractivity contribution in [2.24, 2.45) is 0 Å². The molecule has 2 aromatic rings. The SMILES string of the molecule is O=C(O)CN(CCc1ccccc1)C(=O)Cc1ccc2c(c1)OCO2. The molecule has 0 radical (unpaired) electrons. The minimum absolute atomic E-state index is 0.124. The lowest BCUT2D eigenvalue weighted by Gasteiger charge is -2.21. The van der Waals surface area contributed by atoms with Crippen LogP contribution < -0.4 is 9.47 Å². The van der Waals surface area contributed by atoms with E-state index in [-0.39, 0.29) is 25.7 Å². The topological polar surface area (TPSA) is 76.1 Å². The maximum atomic E-state index is 12.6. The summed E-state index contributed by atoms with van der Waals surface area (Å²) < 4.78 is 10.6. The molecule has 1 amide bonds. The normalized spacial score (nSPS) is 12.0. The number of nitrogens with zero attached hydrogens (tertiary/aromatic N) is 1. The Hall–Kier alpha value is -3.02. The number of carbonyl (C=O) groups excluding carboxylic acids is 1. The van der Waals surface area contributed by atoms with Crippen LogP contribution >= 0.6 is 0 Å². The standard InChI is InChI=1S/C19H19NO5/c21-18(11-15-6-7-16-17(10-15)25-13-24-16)20(12-19(22)23)9-8-14-4-2-1-3-5-14/h1-7,10H,8-9,11-13H2,(H,22,23). The zero-order valence-corrected chi connectivity index (χ0v) is 13.7.